The third kappa shape index (κ3) is 3.50. The molecule has 14 heavy (non-hydrogen) atoms. The molecule has 0 radical (unpaired) electrons. The highest BCUT2D eigenvalue weighted by Crippen LogP contribution is 2.21. The summed E-state index contributed by atoms with van der Waals surface area (Å²) in [5.41, 5.74) is 5.47. The standard InChI is InChI=1S/C10H21N3S/c1-3-9-7-13(4-5-14-9)6-8(2)10(11)12/h8-9H,3-7H2,1-2H3,(H3,11,12). The molecule has 1 rings (SSSR count). The van der Waals surface area contributed by atoms with Gasteiger partial charge in [0.2, 0.25) is 0 Å². The lowest BCUT2D eigenvalue weighted by Crippen LogP contribution is -2.42. The molecule has 1 aliphatic rings. The van der Waals surface area contributed by atoms with E-state index in [1.807, 2.05) is 6.92 Å². The van der Waals surface area contributed by atoms with Crippen molar-refractivity contribution in [1.82, 2.24) is 4.90 Å². The van der Waals surface area contributed by atoms with Gasteiger partial charge in [0.15, 0.2) is 0 Å². The lowest BCUT2D eigenvalue weighted by Gasteiger charge is -2.33. The molecule has 0 bridgehead atoms. The van der Waals surface area contributed by atoms with Gasteiger partial charge in [0, 0.05) is 36.6 Å². The molecule has 1 saturated heterocycles. The number of hydrogen-bond acceptors (Lipinski definition) is 3. The highest BCUT2D eigenvalue weighted by atomic mass is 32.2. The Kier molecular flexibility index (Phi) is 4.75. The van der Waals surface area contributed by atoms with Crippen molar-refractivity contribution >= 4 is 17.6 Å². The van der Waals surface area contributed by atoms with Gasteiger partial charge in [-0.05, 0) is 6.42 Å². The van der Waals surface area contributed by atoms with Gasteiger partial charge in [-0.15, -0.1) is 0 Å². The summed E-state index contributed by atoms with van der Waals surface area (Å²) in [4.78, 5) is 2.44. The SMILES string of the molecule is CCC1CN(CC(C)C(=N)N)CCS1. The first kappa shape index (κ1) is 11.9. The summed E-state index contributed by atoms with van der Waals surface area (Å²) >= 11 is 2.08. The first-order valence-electron chi connectivity index (χ1n) is 5.31. The minimum atomic E-state index is 0.204. The fourth-order valence-electron chi connectivity index (χ4n) is 1.68. The Morgan fingerprint density at radius 2 is 2.43 bits per heavy atom. The number of nitrogens with one attached hydrogen (secondary N) is 1. The Balaban J connectivity index is 2.33. The summed E-state index contributed by atoms with van der Waals surface area (Å²) in [5.74, 6) is 1.75. The zero-order chi connectivity index (χ0) is 10.6. The number of amidine groups is 1. The van der Waals surface area contributed by atoms with E-state index in [4.69, 9.17) is 11.1 Å². The molecule has 1 fully saturated rings. The molecule has 82 valence electrons. The number of hydrogen-bond donors (Lipinski definition) is 2. The number of nitrogens with zero attached hydrogens (tertiary/aromatic N) is 1. The lowest BCUT2D eigenvalue weighted by atomic mass is 10.1. The Bertz CT molecular complexity index is 196. The van der Waals surface area contributed by atoms with Gasteiger partial charge in [-0.3, -0.25) is 5.41 Å². The second-order valence-corrected chi connectivity index (χ2v) is 5.43. The maximum atomic E-state index is 7.36. The largest absolute Gasteiger partial charge is 0.387 e. The van der Waals surface area contributed by atoms with Gasteiger partial charge in [0.05, 0.1) is 5.84 Å². The summed E-state index contributed by atoms with van der Waals surface area (Å²) < 4.78 is 0. The van der Waals surface area contributed by atoms with Crippen LogP contribution < -0.4 is 5.73 Å². The van der Waals surface area contributed by atoms with Crippen molar-refractivity contribution in [2.24, 2.45) is 11.7 Å². The number of nitrogens with two attached hydrogens (primary N) is 1. The normalized spacial score (nSPS) is 26.0. The van der Waals surface area contributed by atoms with E-state index in [0.717, 1.165) is 18.3 Å². The van der Waals surface area contributed by atoms with Crippen LogP contribution in [0.25, 0.3) is 0 Å². The maximum absolute atomic E-state index is 7.36. The Morgan fingerprint density at radius 3 is 3.00 bits per heavy atom. The first-order valence-corrected chi connectivity index (χ1v) is 6.36. The van der Waals surface area contributed by atoms with Gasteiger partial charge in [-0.2, -0.15) is 11.8 Å². The number of thioether (sulfide) groups is 1. The zero-order valence-corrected chi connectivity index (χ0v) is 9.94. The van der Waals surface area contributed by atoms with Crippen molar-refractivity contribution in [1.29, 1.82) is 5.41 Å². The Hall–Kier alpha value is -0.220. The van der Waals surface area contributed by atoms with Crippen molar-refractivity contribution < 1.29 is 0 Å². The molecule has 3 N–H and O–H groups in total. The summed E-state index contributed by atoms with van der Waals surface area (Å²) in [6, 6.07) is 0. The molecule has 2 unspecified atom stereocenters. The molecule has 1 aliphatic heterocycles. The molecule has 2 atom stereocenters. The van der Waals surface area contributed by atoms with Gasteiger partial charge < -0.3 is 10.6 Å². The van der Waals surface area contributed by atoms with E-state index in [9.17, 15) is 0 Å². The Labute approximate surface area is 90.9 Å². The van der Waals surface area contributed by atoms with Crippen molar-refractivity contribution in [2.45, 2.75) is 25.5 Å². The minimum absolute atomic E-state index is 0.204. The molecule has 3 nitrogen and oxygen atoms in total. The molecule has 0 aromatic carbocycles. The van der Waals surface area contributed by atoms with E-state index < -0.39 is 0 Å². The minimum Gasteiger partial charge on any atom is -0.387 e. The van der Waals surface area contributed by atoms with Crippen LogP contribution in [-0.4, -0.2) is 41.4 Å². The molecule has 0 aliphatic carbocycles. The van der Waals surface area contributed by atoms with Crippen LogP contribution in [0.4, 0.5) is 0 Å². The fraction of sp³-hybridized carbons (Fsp3) is 0.900. The van der Waals surface area contributed by atoms with Gasteiger partial charge in [0.25, 0.3) is 0 Å². The second-order valence-electron chi connectivity index (χ2n) is 4.02. The van der Waals surface area contributed by atoms with Crippen LogP contribution in [0.5, 0.6) is 0 Å². The maximum Gasteiger partial charge on any atom is 0.0947 e. The van der Waals surface area contributed by atoms with Crippen LogP contribution in [0.15, 0.2) is 0 Å². The summed E-state index contributed by atoms with van der Waals surface area (Å²) in [6.07, 6.45) is 1.25. The third-order valence-corrected chi connectivity index (χ3v) is 4.11. The first-order chi connectivity index (χ1) is 6.63. The van der Waals surface area contributed by atoms with Crippen LogP contribution in [0.1, 0.15) is 20.3 Å². The fourth-order valence-corrected chi connectivity index (χ4v) is 2.93. The van der Waals surface area contributed by atoms with E-state index in [0.29, 0.717) is 5.84 Å². The van der Waals surface area contributed by atoms with E-state index in [1.165, 1.54) is 18.7 Å². The smallest absolute Gasteiger partial charge is 0.0947 e. The predicted octanol–water partition coefficient (Wildman–Crippen LogP) is 1.39. The monoisotopic (exact) mass is 215 g/mol. The summed E-state index contributed by atoms with van der Waals surface area (Å²) in [6.45, 7) is 7.55. The molecular weight excluding hydrogens is 194 g/mol. The molecule has 4 heteroatoms. The average Bonchev–Trinajstić information content (AvgIpc) is 2.18. The molecule has 0 saturated carbocycles. The summed E-state index contributed by atoms with van der Waals surface area (Å²) in [7, 11) is 0. The van der Waals surface area contributed by atoms with E-state index in [-0.39, 0.29) is 5.92 Å². The van der Waals surface area contributed by atoms with Crippen LogP contribution >= 0.6 is 11.8 Å². The zero-order valence-electron chi connectivity index (χ0n) is 9.12. The van der Waals surface area contributed by atoms with E-state index >= 15 is 0 Å². The molecule has 0 amide bonds. The molecular formula is C10H21N3S. The van der Waals surface area contributed by atoms with Crippen LogP contribution in [-0.2, 0) is 0 Å². The van der Waals surface area contributed by atoms with Crippen LogP contribution in [0.3, 0.4) is 0 Å². The van der Waals surface area contributed by atoms with E-state index in [2.05, 4.69) is 23.6 Å². The van der Waals surface area contributed by atoms with Crippen molar-refractivity contribution in [3.63, 3.8) is 0 Å². The van der Waals surface area contributed by atoms with Crippen LogP contribution in [0.2, 0.25) is 0 Å². The quantitative estimate of drug-likeness (QED) is 0.550. The third-order valence-electron chi connectivity index (χ3n) is 2.74. The van der Waals surface area contributed by atoms with Crippen molar-refractivity contribution in [2.75, 3.05) is 25.4 Å². The molecule has 1 heterocycles. The molecule has 0 aromatic heterocycles. The number of rotatable bonds is 4. The highest BCUT2D eigenvalue weighted by molar-refractivity contribution is 8.00. The van der Waals surface area contributed by atoms with E-state index in [1.54, 1.807) is 0 Å². The highest BCUT2D eigenvalue weighted by Gasteiger charge is 2.20. The van der Waals surface area contributed by atoms with Gasteiger partial charge in [-0.1, -0.05) is 13.8 Å². The molecule has 0 spiro atoms. The topological polar surface area (TPSA) is 53.1 Å². The predicted molar refractivity (Wildman–Crippen MR) is 64.1 cm³/mol. The lowest BCUT2D eigenvalue weighted by molar-refractivity contribution is 0.265. The Morgan fingerprint density at radius 1 is 1.71 bits per heavy atom. The average molecular weight is 215 g/mol. The second kappa shape index (κ2) is 5.61. The van der Waals surface area contributed by atoms with Gasteiger partial charge >= 0.3 is 0 Å². The summed E-state index contributed by atoms with van der Waals surface area (Å²) in [5, 5.41) is 8.14. The molecule has 0 aromatic rings. The van der Waals surface area contributed by atoms with Crippen molar-refractivity contribution in [3.05, 3.63) is 0 Å². The van der Waals surface area contributed by atoms with Gasteiger partial charge in [0.1, 0.15) is 0 Å². The van der Waals surface area contributed by atoms with Crippen molar-refractivity contribution in [3.8, 4) is 0 Å². The van der Waals surface area contributed by atoms with Crippen LogP contribution in [0, 0.1) is 11.3 Å². The van der Waals surface area contributed by atoms with Gasteiger partial charge in [-0.25, -0.2) is 0 Å².